The number of alkyl halides is 3. The van der Waals surface area contributed by atoms with E-state index >= 15 is 0 Å². The molecular formula is C12H16BrF3N2O. The summed E-state index contributed by atoms with van der Waals surface area (Å²) in [4.78, 5) is 4.23. The molecule has 0 fully saturated rings. The van der Waals surface area contributed by atoms with E-state index in [1.165, 1.54) is 0 Å². The van der Waals surface area contributed by atoms with E-state index in [2.05, 4.69) is 31.0 Å². The van der Waals surface area contributed by atoms with Gasteiger partial charge >= 0.3 is 6.18 Å². The van der Waals surface area contributed by atoms with Crippen LogP contribution in [0.1, 0.15) is 12.1 Å². The van der Waals surface area contributed by atoms with Crippen molar-refractivity contribution in [3.8, 4) is 0 Å². The zero-order valence-corrected chi connectivity index (χ0v) is 12.1. The van der Waals surface area contributed by atoms with Crippen molar-refractivity contribution in [2.45, 2.75) is 25.1 Å². The maximum absolute atomic E-state index is 11.9. The maximum atomic E-state index is 11.9. The van der Waals surface area contributed by atoms with Crippen molar-refractivity contribution < 1.29 is 17.9 Å². The molecule has 1 aromatic rings. The Balaban J connectivity index is 2.31. The first-order chi connectivity index (χ1) is 8.90. The number of aromatic nitrogens is 1. The number of pyridine rings is 1. The monoisotopic (exact) mass is 340 g/mol. The third kappa shape index (κ3) is 7.49. The van der Waals surface area contributed by atoms with Gasteiger partial charge in [-0.2, -0.15) is 13.2 Å². The van der Waals surface area contributed by atoms with Crippen LogP contribution in [0.2, 0.25) is 0 Å². The van der Waals surface area contributed by atoms with Crippen LogP contribution in [0.15, 0.2) is 22.8 Å². The minimum Gasteiger partial charge on any atom is -0.372 e. The van der Waals surface area contributed by atoms with Gasteiger partial charge in [0.05, 0.1) is 0 Å². The average molecular weight is 341 g/mol. The fraction of sp³-hybridized carbons (Fsp3) is 0.583. The molecule has 0 aliphatic carbocycles. The first-order valence-electron chi connectivity index (χ1n) is 5.83. The van der Waals surface area contributed by atoms with Crippen LogP contribution in [0, 0.1) is 0 Å². The standard InChI is InChI=1S/C12H16BrF3N2O/c1-17-10(4-5-19-8-12(14,15)16)6-11-3-2-9(13)7-18-11/h2-3,7,10,17H,4-6,8H2,1H3. The Morgan fingerprint density at radius 1 is 1.42 bits per heavy atom. The molecule has 1 rings (SSSR count). The zero-order valence-electron chi connectivity index (χ0n) is 10.5. The normalized spacial score (nSPS) is 13.5. The van der Waals surface area contributed by atoms with Gasteiger partial charge in [-0.25, -0.2) is 0 Å². The Morgan fingerprint density at radius 2 is 2.16 bits per heavy atom. The average Bonchev–Trinajstić information content (AvgIpc) is 2.34. The van der Waals surface area contributed by atoms with Crippen molar-refractivity contribution in [1.82, 2.24) is 10.3 Å². The molecule has 0 bridgehead atoms. The number of halogens is 4. The van der Waals surface area contributed by atoms with Gasteiger partial charge in [0, 0.05) is 35.4 Å². The van der Waals surface area contributed by atoms with Crippen LogP contribution in [0.5, 0.6) is 0 Å². The van der Waals surface area contributed by atoms with Gasteiger partial charge in [0.25, 0.3) is 0 Å². The molecule has 0 aromatic carbocycles. The van der Waals surface area contributed by atoms with E-state index in [0.717, 1.165) is 10.2 Å². The molecule has 3 nitrogen and oxygen atoms in total. The van der Waals surface area contributed by atoms with E-state index in [0.29, 0.717) is 12.8 Å². The van der Waals surface area contributed by atoms with Crippen molar-refractivity contribution in [3.05, 3.63) is 28.5 Å². The molecule has 1 atom stereocenters. The number of rotatable bonds is 7. The third-order valence-electron chi connectivity index (χ3n) is 2.53. The van der Waals surface area contributed by atoms with Gasteiger partial charge in [0.1, 0.15) is 6.61 Å². The number of ether oxygens (including phenoxy) is 1. The van der Waals surface area contributed by atoms with E-state index in [1.807, 2.05) is 12.1 Å². The highest BCUT2D eigenvalue weighted by Gasteiger charge is 2.27. The largest absolute Gasteiger partial charge is 0.411 e. The fourth-order valence-corrected chi connectivity index (χ4v) is 1.78. The van der Waals surface area contributed by atoms with E-state index < -0.39 is 12.8 Å². The smallest absolute Gasteiger partial charge is 0.372 e. The number of hydrogen-bond acceptors (Lipinski definition) is 3. The van der Waals surface area contributed by atoms with Gasteiger partial charge in [0.2, 0.25) is 0 Å². The van der Waals surface area contributed by atoms with Crippen LogP contribution in [0.25, 0.3) is 0 Å². The molecule has 19 heavy (non-hydrogen) atoms. The van der Waals surface area contributed by atoms with Gasteiger partial charge in [-0.3, -0.25) is 4.98 Å². The highest BCUT2D eigenvalue weighted by Crippen LogP contribution is 2.15. The van der Waals surface area contributed by atoms with Crippen molar-refractivity contribution in [1.29, 1.82) is 0 Å². The Bertz CT molecular complexity index is 370. The molecular weight excluding hydrogens is 325 g/mol. The van der Waals surface area contributed by atoms with Gasteiger partial charge < -0.3 is 10.1 Å². The summed E-state index contributed by atoms with van der Waals surface area (Å²) in [7, 11) is 1.77. The lowest BCUT2D eigenvalue weighted by Gasteiger charge is -2.16. The van der Waals surface area contributed by atoms with Crippen LogP contribution >= 0.6 is 15.9 Å². The lowest BCUT2D eigenvalue weighted by molar-refractivity contribution is -0.174. The molecule has 0 aliphatic rings. The summed E-state index contributed by atoms with van der Waals surface area (Å²) >= 11 is 3.29. The van der Waals surface area contributed by atoms with Gasteiger partial charge in [-0.15, -0.1) is 0 Å². The molecule has 108 valence electrons. The SMILES string of the molecule is CNC(CCOCC(F)(F)F)Cc1ccc(Br)cn1. The molecule has 0 saturated carbocycles. The van der Waals surface area contributed by atoms with Crippen molar-refractivity contribution in [2.24, 2.45) is 0 Å². The number of nitrogens with zero attached hydrogens (tertiary/aromatic N) is 1. The molecule has 0 saturated heterocycles. The summed E-state index contributed by atoms with van der Waals surface area (Å²) < 4.78 is 41.2. The molecule has 0 aliphatic heterocycles. The minimum atomic E-state index is -4.26. The quantitative estimate of drug-likeness (QED) is 0.775. The minimum absolute atomic E-state index is 0.0434. The molecule has 0 amide bonds. The van der Waals surface area contributed by atoms with Crippen molar-refractivity contribution in [2.75, 3.05) is 20.3 Å². The second kappa shape index (κ2) is 7.81. The first kappa shape index (κ1) is 16.4. The number of hydrogen-bond donors (Lipinski definition) is 1. The summed E-state index contributed by atoms with van der Waals surface area (Å²) in [6.45, 7) is -1.12. The fourth-order valence-electron chi connectivity index (χ4n) is 1.54. The second-order valence-corrected chi connectivity index (χ2v) is 5.03. The van der Waals surface area contributed by atoms with E-state index in [-0.39, 0.29) is 12.6 Å². The first-order valence-corrected chi connectivity index (χ1v) is 6.62. The second-order valence-electron chi connectivity index (χ2n) is 4.11. The van der Waals surface area contributed by atoms with E-state index in [9.17, 15) is 13.2 Å². The summed E-state index contributed by atoms with van der Waals surface area (Å²) in [5, 5.41) is 3.05. The molecule has 1 N–H and O–H groups in total. The highest BCUT2D eigenvalue weighted by molar-refractivity contribution is 9.10. The molecule has 1 heterocycles. The number of likely N-dealkylation sites (N-methyl/N-ethyl adjacent to an activating group) is 1. The predicted octanol–water partition coefficient (Wildman–Crippen LogP) is 2.94. The lowest BCUT2D eigenvalue weighted by Crippen LogP contribution is -2.30. The van der Waals surface area contributed by atoms with E-state index in [1.54, 1.807) is 13.2 Å². The van der Waals surface area contributed by atoms with Gasteiger partial charge in [-0.1, -0.05) is 0 Å². The Labute approximate surface area is 118 Å². The third-order valence-corrected chi connectivity index (χ3v) is 3.00. The summed E-state index contributed by atoms with van der Waals surface area (Å²) in [6.07, 6.45) is -1.41. The van der Waals surface area contributed by atoms with E-state index in [4.69, 9.17) is 0 Å². The topological polar surface area (TPSA) is 34.1 Å². The van der Waals surface area contributed by atoms with Crippen LogP contribution in [-0.2, 0) is 11.2 Å². The summed E-state index contributed by atoms with van der Waals surface area (Å²) in [6, 6.07) is 3.81. The Kier molecular flexibility index (Phi) is 6.74. The van der Waals surface area contributed by atoms with Gasteiger partial charge in [-0.05, 0) is 41.5 Å². The molecule has 0 radical (unpaired) electrons. The Morgan fingerprint density at radius 3 is 2.68 bits per heavy atom. The van der Waals surface area contributed by atoms with Crippen LogP contribution < -0.4 is 5.32 Å². The van der Waals surface area contributed by atoms with Crippen LogP contribution in [0.3, 0.4) is 0 Å². The summed E-state index contributed by atoms with van der Waals surface area (Å²) in [5.41, 5.74) is 0.887. The van der Waals surface area contributed by atoms with Crippen LogP contribution in [-0.4, -0.2) is 37.5 Å². The lowest BCUT2D eigenvalue weighted by atomic mass is 10.1. The Hall–Kier alpha value is -0.660. The number of nitrogens with one attached hydrogen (secondary N) is 1. The predicted molar refractivity (Wildman–Crippen MR) is 70.0 cm³/mol. The molecule has 7 heteroatoms. The maximum Gasteiger partial charge on any atom is 0.411 e. The molecule has 0 spiro atoms. The summed E-state index contributed by atoms with van der Waals surface area (Å²) in [5.74, 6) is 0. The molecule has 1 aromatic heterocycles. The molecule has 1 unspecified atom stereocenters. The van der Waals surface area contributed by atoms with Crippen molar-refractivity contribution in [3.63, 3.8) is 0 Å². The van der Waals surface area contributed by atoms with Crippen molar-refractivity contribution >= 4 is 15.9 Å². The van der Waals surface area contributed by atoms with Crippen LogP contribution in [0.4, 0.5) is 13.2 Å². The van der Waals surface area contributed by atoms with Gasteiger partial charge in [0.15, 0.2) is 0 Å². The zero-order chi connectivity index (χ0) is 14.3. The highest BCUT2D eigenvalue weighted by atomic mass is 79.9.